The van der Waals surface area contributed by atoms with Crippen molar-refractivity contribution in [2.75, 3.05) is 0 Å². The van der Waals surface area contributed by atoms with Crippen LogP contribution in [-0.2, 0) is 23.8 Å². The van der Waals surface area contributed by atoms with Crippen molar-refractivity contribution in [3.8, 4) is 0 Å². The summed E-state index contributed by atoms with van der Waals surface area (Å²) in [7, 11) is 0. The molecule has 2 saturated heterocycles. The second-order valence-electron chi connectivity index (χ2n) is 13.4. The molecule has 6 rings (SSSR count). The molecule has 4 aliphatic carbocycles. The Hall–Kier alpha value is -1.36. The first kappa shape index (κ1) is 21.2. The first-order chi connectivity index (χ1) is 14.9. The maximum atomic E-state index is 13.5. The van der Waals surface area contributed by atoms with Crippen LogP contribution < -0.4 is 0 Å². The summed E-state index contributed by atoms with van der Waals surface area (Å²) in [5, 5.41) is 0. The first-order valence-corrected chi connectivity index (χ1v) is 12.7. The lowest BCUT2D eigenvalue weighted by Crippen LogP contribution is -2.50. The molecule has 0 N–H and O–H groups in total. The Morgan fingerprint density at radius 2 is 1.38 bits per heavy atom. The van der Waals surface area contributed by atoms with E-state index in [9.17, 15) is 9.59 Å². The monoisotopic (exact) mass is 442 g/mol. The van der Waals surface area contributed by atoms with Crippen LogP contribution in [0.3, 0.4) is 0 Å². The van der Waals surface area contributed by atoms with Gasteiger partial charge in [-0.3, -0.25) is 9.59 Å². The zero-order valence-corrected chi connectivity index (χ0v) is 20.2. The second kappa shape index (κ2) is 6.61. The highest BCUT2D eigenvalue weighted by molar-refractivity contribution is 5.77. The van der Waals surface area contributed by atoms with Gasteiger partial charge in [0.15, 0.2) is 0 Å². The summed E-state index contributed by atoms with van der Waals surface area (Å²) in [4.78, 5) is 26.3. The summed E-state index contributed by atoms with van der Waals surface area (Å²) < 4.78 is 18.3. The van der Waals surface area contributed by atoms with E-state index in [-0.39, 0.29) is 35.8 Å². The second-order valence-corrected chi connectivity index (χ2v) is 13.4. The third-order valence-electron chi connectivity index (χ3n) is 9.37. The van der Waals surface area contributed by atoms with E-state index < -0.39 is 11.2 Å². The number of rotatable bonds is 3. The van der Waals surface area contributed by atoms with Crippen molar-refractivity contribution in [2.45, 2.75) is 84.2 Å². The lowest BCUT2D eigenvalue weighted by Gasteiger charge is -2.45. The van der Waals surface area contributed by atoms with E-state index in [1.54, 1.807) is 0 Å². The van der Waals surface area contributed by atoms with Crippen molar-refractivity contribution >= 4 is 11.9 Å². The standard InChI is InChI=1S/C27H38O5/c1-26(2,3)31-17(28)11-15-14-10-16(20(15)25(29)32-27(4,5)6)22-21(14)23-18-12-7-8-13(9-12)19(18)24(22)30-23/h7-8,12-16,18-24H,9-11H2,1-6H3. The van der Waals surface area contributed by atoms with Gasteiger partial charge >= 0.3 is 11.9 Å². The number of fused-ring (bicyclic) bond motifs is 16. The van der Waals surface area contributed by atoms with E-state index >= 15 is 0 Å². The van der Waals surface area contributed by atoms with Gasteiger partial charge in [-0.05, 0) is 108 Å². The van der Waals surface area contributed by atoms with Crippen LogP contribution >= 0.6 is 0 Å². The average Bonchev–Trinajstić information content (AvgIpc) is 3.42. The smallest absolute Gasteiger partial charge is 0.310 e. The normalized spacial score (nSPS) is 49.4. The predicted molar refractivity (Wildman–Crippen MR) is 118 cm³/mol. The van der Waals surface area contributed by atoms with Gasteiger partial charge in [0.2, 0.25) is 0 Å². The van der Waals surface area contributed by atoms with E-state index in [1.807, 2.05) is 41.5 Å². The summed E-state index contributed by atoms with van der Waals surface area (Å²) >= 11 is 0. The van der Waals surface area contributed by atoms with Crippen LogP contribution in [0.25, 0.3) is 0 Å². The predicted octanol–water partition coefficient (Wildman–Crippen LogP) is 4.39. The van der Waals surface area contributed by atoms with Gasteiger partial charge < -0.3 is 14.2 Å². The van der Waals surface area contributed by atoms with Crippen molar-refractivity contribution in [1.29, 1.82) is 0 Å². The molecule has 5 heteroatoms. The Kier molecular flexibility index (Phi) is 4.38. The molecular weight excluding hydrogens is 404 g/mol. The van der Waals surface area contributed by atoms with Gasteiger partial charge in [-0.2, -0.15) is 0 Å². The van der Waals surface area contributed by atoms with Crippen molar-refractivity contribution in [3.63, 3.8) is 0 Å². The number of hydrogen-bond acceptors (Lipinski definition) is 5. The maximum absolute atomic E-state index is 13.5. The van der Waals surface area contributed by atoms with E-state index in [4.69, 9.17) is 14.2 Å². The van der Waals surface area contributed by atoms with E-state index in [0.29, 0.717) is 54.0 Å². The molecule has 32 heavy (non-hydrogen) atoms. The van der Waals surface area contributed by atoms with Gasteiger partial charge in [0.25, 0.3) is 0 Å². The van der Waals surface area contributed by atoms with E-state index in [1.165, 1.54) is 6.42 Å². The molecule has 12 atom stereocenters. The molecule has 0 aromatic heterocycles. The summed E-state index contributed by atoms with van der Waals surface area (Å²) in [6, 6.07) is 0. The fraction of sp³-hybridized carbons (Fsp3) is 0.852. The number of hydrogen-bond donors (Lipinski definition) is 0. The van der Waals surface area contributed by atoms with Gasteiger partial charge in [-0.25, -0.2) is 0 Å². The summed E-state index contributed by atoms with van der Waals surface area (Å²) in [5.74, 6) is 3.66. The third kappa shape index (κ3) is 2.98. The number of ether oxygens (including phenoxy) is 3. The Morgan fingerprint density at radius 1 is 0.812 bits per heavy atom. The van der Waals surface area contributed by atoms with Crippen LogP contribution in [0.2, 0.25) is 0 Å². The number of allylic oxidation sites excluding steroid dienone is 2. The fourth-order valence-electron chi connectivity index (χ4n) is 9.01. The molecule has 176 valence electrons. The van der Waals surface area contributed by atoms with E-state index in [0.717, 1.165) is 6.42 Å². The topological polar surface area (TPSA) is 61.8 Å². The highest BCUT2D eigenvalue weighted by atomic mass is 16.6. The summed E-state index contributed by atoms with van der Waals surface area (Å²) in [6.07, 6.45) is 8.09. The Morgan fingerprint density at radius 3 is 1.94 bits per heavy atom. The maximum Gasteiger partial charge on any atom is 0.310 e. The zero-order valence-electron chi connectivity index (χ0n) is 20.2. The Balaban J connectivity index is 1.30. The number of esters is 2. The fourth-order valence-corrected chi connectivity index (χ4v) is 9.01. The van der Waals surface area contributed by atoms with Crippen LogP contribution in [0.5, 0.6) is 0 Å². The molecule has 0 spiro atoms. The van der Waals surface area contributed by atoms with Gasteiger partial charge in [-0.15, -0.1) is 0 Å². The molecule has 6 aliphatic rings. The molecule has 2 heterocycles. The lowest BCUT2D eigenvalue weighted by atomic mass is 9.57. The van der Waals surface area contributed by atoms with Crippen LogP contribution in [0.15, 0.2) is 12.2 Å². The largest absolute Gasteiger partial charge is 0.460 e. The van der Waals surface area contributed by atoms with Gasteiger partial charge in [0.05, 0.1) is 18.1 Å². The highest BCUT2D eigenvalue weighted by Gasteiger charge is 2.75. The van der Waals surface area contributed by atoms with Gasteiger partial charge in [0, 0.05) is 6.42 Å². The highest BCUT2D eigenvalue weighted by Crippen LogP contribution is 2.73. The van der Waals surface area contributed by atoms with Crippen molar-refractivity contribution in [1.82, 2.24) is 0 Å². The molecule has 0 amide bonds. The Labute approximate surface area is 191 Å². The lowest BCUT2D eigenvalue weighted by molar-refractivity contribution is -0.168. The zero-order chi connectivity index (χ0) is 22.7. The number of carbonyl (C=O) groups is 2. The van der Waals surface area contributed by atoms with Crippen LogP contribution in [-0.4, -0.2) is 35.3 Å². The summed E-state index contributed by atoms with van der Waals surface area (Å²) in [6.45, 7) is 11.5. The molecule has 0 radical (unpaired) electrons. The molecule has 2 aliphatic heterocycles. The van der Waals surface area contributed by atoms with Gasteiger partial charge in [0.1, 0.15) is 11.2 Å². The molecule has 6 bridgehead atoms. The molecule has 0 aromatic rings. The summed E-state index contributed by atoms with van der Waals surface area (Å²) in [5.41, 5.74) is -1.04. The van der Waals surface area contributed by atoms with E-state index in [2.05, 4.69) is 12.2 Å². The minimum Gasteiger partial charge on any atom is -0.460 e. The minimum atomic E-state index is -0.527. The Bertz CT molecular complexity index is 862. The number of carbonyl (C=O) groups excluding carboxylic acids is 2. The van der Waals surface area contributed by atoms with Crippen molar-refractivity contribution in [2.24, 2.45) is 59.2 Å². The third-order valence-corrected chi connectivity index (χ3v) is 9.37. The van der Waals surface area contributed by atoms with Crippen LogP contribution in [0, 0.1) is 59.2 Å². The molecule has 5 fully saturated rings. The van der Waals surface area contributed by atoms with Crippen LogP contribution in [0.1, 0.15) is 60.8 Å². The molecule has 5 nitrogen and oxygen atoms in total. The minimum absolute atomic E-state index is 0.00137. The molecule has 12 unspecified atom stereocenters. The average molecular weight is 443 g/mol. The van der Waals surface area contributed by atoms with Gasteiger partial charge in [-0.1, -0.05) is 12.2 Å². The van der Waals surface area contributed by atoms with Crippen molar-refractivity contribution in [3.05, 3.63) is 12.2 Å². The van der Waals surface area contributed by atoms with Crippen molar-refractivity contribution < 1.29 is 23.8 Å². The molecule has 0 aromatic carbocycles. The SMILES string of the molecule is CC(C)(C)OC(=O)CC1C2CC(C1C(=O)OC(C)(C)C)C1C3OC(C4C5C=CC(C5)C34)C21. The molecular formula is C27H38O5. The van der Waals surface area contributed by atoms with Crippen LogP contribution in [0.4, 0.5) is 0 Å². The molecule has 3 saturated carbocycles. The quantitative estimate of drug-likeness (QED) is 0.479. The first-order valence-electron chi connectivity index (χ1n) is 12.7.